The first-order valence-electron chi connectivity index (χ1n) is 7.67. The van der Waals surface area contributed by atoms with E-state index in [2.05, 4.69) is 10.5 Å². The number of ketones is 1. The number of furan rings is 1. The molecule has 0 radical (unpaired) electrons. The van der Waals surface area contributed by atoms with Gasteiger partial charge in [-0.15, -0.1) is 0 Å². The quantitative estimate of drug-likeness (QED) is 0.722. The SMILES string of the molecule is O=C(Nc1ccc(C(=O)C2CC2)cc1)c1cc(-c2ccco2)on1. The van der Waals surface area contributed by atoms with Crippen LogP contribution in [0.5, 0.6) is 0 Å². The average Bonchev–Trinajstić information content (AvgIpc) is 3.10. The summed E-state index contributed by atoms with van der Waals surface area (Å²) in [5, 5.41) is 6.47. The van der Waals surface area contributed by atoms with E-state index >= 15 is 0 Å². The van der Waals surface area contributed by atoms with Crippen LogP contribution in [0.25, 0.3) is 11.5 Å². The van der Waals surface area contributed by atoms with Gasteiger partial charge < -0.3 is 14.3 Å². The van der Waals surface area contributed by atoms with E-state index in [4.69, 9.17) is 8.94 Å². The van der Waals surface area contributed by atoms with Crippen LogP contribution in [0.15, 0.2) is 57.7 Å². The summed E-state index contributed by atoms with van der Waals surface area (Å²) in [7, 11) is 0. The fourth-order valence-corrected chi connectivity index (χ4v) is 2.41. The molecule has 6 heteroatoms. The molecule has 1 N–H and O–H groups in total. The highest BCUT2D eigenvalue weighted by Crippen LogP contribution is 2.32. The van der Waals surface area contributed by atoms with Gasteiger partial charge in [0.1, 0.15) is 0 Å². The monoisotopic (exact) mass is 322 g/mol. The van der Waals surface area contributed by atoms with Gasteiger partial charge in [-0.3, -0.25) is 9.59 Å². The topological polar surface area (TPSA) is 85.3 Å². The Hall–Kier alpha value is -3.15. The molecule has 1 amide bonds. The summed E-state index contributed by atoms with van der Waals surface area (Å²) >= 11 is 0. The molecule has 1 aromatic carbocycles. The van der Waals surface area contributed by atoms with E-state index in [-0.39, 0.29) is 17.4 Å². The Morgan fingerprint density at radius 1 is 1.08 bits per heavy atom. The zero-order valence-electron chi connectivity index (χ0n) is 12.7. The molecule has 120 valence electrons. The molecule has 3 aromatic rings. The summed E-state index contributed by atoms with van der Waals surface area (Å²) in [5.74, 6) is 0.853. The predicted molar refractivity (Wildman–Crippen MR) is 85.7 cm³/mol. The highest BCUT2D eigenvalue weighted by Gasteiger charge is 2.30. The van der Waals surface area contributed by atoms with Gasteiger partial charge in [0.25, 0.3) is 5.91 Å². The molecule has 0 aliphatic heterocycles. The smallest absolute Gasteiger partial charge is 0.277 e. The number of benzene rings is 1. The summed E-state index contributed by atoms with van der Waals surface area (Å²) in [6.07, 6.45) is 3.46. The lowest BCUT2D eigenvalue weighted by Gasteiger charge is -2.04. The fourth-order valence-electron chi connectivity index (χ4n) is 2.41. The number of aromatic nitrogens is 1. The zero-order chi connectivity index (χ0) is 16.5. The Morgan fingerprint density at radius 2 is 1.88 bits per heavy atom. The second kappa shape index (κ2) is 5.81. The Kier molecular flexibility index (Phi) is 3.49. The number of anilines is 1. The minimum absolute atomic E-state index is 0.152. The molecule has 0 bridgehead atoms. The van der Waals surface area contributed by atoms with Gasteiger partial charge in [0.15, 0.2) is 17.2 Å². The number of Topliss-reactive ketones (excluding diaryl/α,β-unsaturated/α-hetero) is 1. The van der Waals surface area contributed by atoms with Crippen LogP contribution in [-0.4, -0.2) is 16.8 Å². The third kappa shape index (κ3) is 2.86. The van der Waals surface area contributed by atoms with Crippen LogP contribution in [-0.2, 0) is 0 Å². The van der Waals surface area contributed by atoms with E-state index in [1.165, 1.54) is 12.3 Å². The lowest BCUT2D eigenvalue weighted by atomic mass is 10.1. The molecule has 1 fully saturated rings. The van der Waals surface area contributed by atoms with Gasteiger partial charge in [-0.2, -0.15) is 0 Å². The lowest BCUT2D eigenvalue weighted by Crippen LogP contribution is -2.12. The maximum Gasteiger partial charge on any atom is 0.277 e. The van der Waals surface area contributed by atoms with Crippen molar-refractivity contribution in [3.63, 3.8) is 0 Å². The standard InChI is InChI=1S/C18H14N2O4/c21-17(11-3-4-11)12-5-7-13(8-6-12)19-18(22)14-10-16(24-20-14)15-2-1-9-23-15/h1-2,5-11H,3-4H2,(H,19,22). The van der Waals surface area contributed by atoms with Crippen LogP contribution >= 0.6 is 0 Å². The van der Waals surface area contributed by atoms with Gasteiger partial charge in [0.05, 0.1) is 6.26 Å². The first kappa shape index (κ1) is 14.4. The van der Waals surface area contributed by atoms with Crippen molar-refractivity contribution in [2.24, 2.45) is 5.92 Å². The predicted octanol–water partition coefficient (Wildman–Crippen LogP) is 3.78. The summed E-state index contributed by atoms with van der Waals surface area (Å²) < 4.78 is 10.3. The van der Waals surface area contributed by atoms with Crippen molar-refractivity contribution in [1.29, 1.82) is 0 Å². The highest BCUT2D eigenvalue weighted by atomic mass is 16.5. The van der Waals surface area contributed by atoms with Crippen molar-refractivity contribution < 1.29 is 18.5 Å². The van der Waals surface area contributed by atoms with Gasteiger partial charge in [-0.05, 0) is 49.2 Å². The van der Waals surface area contributed by atoms with Crippen molar-refractivity contribution in [1.82, 2.24) is 5.16 Å². The molecule has 0 saturated heterocycles. The normalized spacial score (nSPS) is 13.7. The van der Waals surface area contributed by atoms with Crippen LogP contribution in [0.3, 0.4) is 0 Å². The summed E-state index contributed by atoms with van der Waals surface area (Å²) in [5.41, 5.74) is 1.42. The minimum atomic E-state index is -0.391. The molecule has 24 heavy (non-hydrogen) atoms. The van der Waals surface area contributed by atoms with E-state index in [0.29, 0.717) is 22.8 Å². The maximum atomic E-state index is 12.2. The highest BCUT2D eigenvalue weighted by molar-refractivity contribution is 6.04. The van der Waals surface area contributed by atoms with Crippen LogP contribution in [0, 0.1) is 5.92 Å². The number of nitrogens with one attached hydrogen (secondary N) is 1. The van der Waals surface area contributed by atoms with Crippen molar-refractivity contribution in [3.05, 3.63) is 60.0 Å². The van der Waals surface area contributed by atoms with Crippen molar-refractivity contribution >= 4 is 17.4 Å². The number of hydrogen-bond acceptors (Lipinski definition) is 5. The molecule has 1 aliphatic rings. The van der Waals surface area contributed by atoms with Crippen molar-refractivity contribution in [2.45, 2.75) is 12.8 Å². The molecular formula is C18H14N2O4. The van der Waals surface area contributed by atoms with Crippen LogP contribution in [0.1, 0.15) is 33.7 Å². The van der Waals surface area contributed by atoms with E-state index in [0.717, 1.165) is 12.8 Å². The van der Waals surface area contributed by atoms with Gasteiger partial charge >= 0.3 is 0 Å². The minimum Gasteiger partial charge on any atom is -0.461 e. The van der Waals surface area contributed by atoms with E-state index < -0.39 is 5.91 Å². The molecule has 1 aliphatic carbocycles. The summed E-state index contributed by atoms with van der Waals surface area (Å²) in [4.78, 5) is 24.2. The van der Waals surface area contributed by atoms with Crippen LogP contribution < -0.4 is 5.32 Å². The van der Waals surface area contributed by atoms with Gasteiger partial charge in [0, 0.05) is 23.2 Å². The van der Waals surface area contributed by atoms with Gasteiger partial charge in [-0.25, -0.2) is 0 Å². The van der Waals surface area contributed by atoms with Crippen LogP contribution in [0.4, 0.5) is 5.69 Å². The van der Waals surface area contributed by atoms with E-state index in [1.54, 1.807) is 36.4 Å². The molecule has 1 saturated carbocycles. The number of nitrogens with zero attached hydrogens (tertiary/aromatic N) is 1. The largest absolute Gasteiger partial charge is 0.461 e. The molecule has 6 nitrogen and oxygen atoms in total. The Balaban J connectivity index is 1.45. The molecule has 4 rings (SSSR count). The van der Waals surface area contributed by atoms with E-state index in [9.17, 15) is 9.59 Å². The van der Waals surface area contributed by atoms with E-state index in [1.807, 2.05) is 0 Å². The second-order valence-corrected chi connectivity index (χ2v) is 5.72. The third-order valence-corrected chi connectivity index (χ3v) is 3.88. The fraction of sp³-hybridized carbons (Fsp3) is 0.167. The Bertz CT molecular complexity index is 874. The van der Waals surface area contributed by atoms with Crippen LogP contribution in [0.2, 0.25) is 0 Å². The summed E-state index contributed by atoms with van der Waals surface area (Å²) in [6, 6.07) is 11.8. The van der Waals surface area contributed by atoms with Gasteiger partial charge in [-0.1, -0.05) is 5.16 Å². The maximum absolute atomic E-state index is 12.2. The van der Waals surface area contributed by atoms with Gasteiger partial charge in [0.2, 0.25) is 5.76 Å². The Morgan fingerprint density at radius 3 is 2.54 bits per heavy atom. The first-order valence-corrected chi connectivity index (χ1v) is 7.67. The number of carbonyl (C=O) groups excluding carboxylic acids is 2. The summed E-state index contributed by atoms with van der Waals surface area (Å²) in [6.45, 7) is 0. The first-order chi connectivity index (χ1) is 11.7. The van der Waals surface area contributed by atoms with Crippen molar-refractivity contribution in [3.8, 4) is 11.5 Å². The van der Waals surface area contributed by atoms with Crippen molar-refractivity contribution in [2.75, 3.05) is 5.32 Å². The molecular weight excluding hydrogens is 308 g/mol. The molecule has 0 unspecified atom stereocenters. The second-order valence-electron chi connectivity index (χ2n) is 5.72. The Labute approximate surface area is 137 Å². The molecule has 0 spiro atoms. The number of rotatable bonds is 5. The third-order valence-electron chi connectivity index (χ3n) is 3.88. The molecule has 2 heterocycles. The average molecular weight is 322 g/mol. The molecule has 2 aromatic heterocycles. The number of amides is 1. The lowest BCUT2D eigenvalue weighted by molar-refractivity contribution is 0.0966. The molecule has 0 atom stereocenters. The zero-order valence-corrected chi connectivity index (χ0v) is 12.7. The number of hydrogen-bond donors (Lipinski definition) is 1. The number of carbonyl (C=O) groups is 2.